The van der Waals surface area contributed by atoms with Crippen molar-refractivity contribution in [2.24, 2.45) is 0 Å². The molecule has 0 bridgehead atoms. The van der Waals surface area contributed by atoms with Crippen LogP contribution < -0.4 is 9.47 Å². The molecule has 0 aromatic heterocycles. The van der Waals surface area contributed by atoms with Gasteiger partial charge in [-0.25, -0.2) is 0 Å². The fourth-order valence-electron chi connectivity index (χ4n) is 1.52. The molecule has 1 N–H and O–H groups in total. The second-order valence-electron chi connectivity index (χ2n) is 4.45. The SMILES string of the molecule is CC(Oc1ccc(Oc2ccccc2)cc1)[C@H](C)O. The van der Waals surface area contributed by atoms with Crippen LogP contribution in [0, 0.1) is 0 Å². The summed E-state index contributed by atoms with van der Waals surface area (Å²) in [6.45, 7) is 3.54. The summed E-state index contributed by atoms with van der Waals surface area (Å²) in [5.74, 6) is 2.27. The lowest BCUT2D eigenvalue weighted by atomic mass is 10.2. The van der Waals surface area contributed by atoms with Crippen molar-refractivity contribution in [1.82, 2.24) is 0 Å². The standard InChI is InChI=1S/C16H18O3/c1-12(17)13(2)18-15-8-10-16(11-9-15)19-14-6-4-3-5-7-14/h3-13,17H,1-2H3/t12-,13?/m0/s1. The van der Waals surface area contributed by atoms with Crippen molar-refractivity contribution in [1.29, 1.82) is 0 Å². The van der Waals surface area contributed by atoms with E-state index in [2.05, 4.69) is 0 Å². The van der Waals surface area contributed by atoms with Gasteiger partial charge in [-0.2, -0.15) is 0 Å². The van der Waals surface area contributed by atoms with Crippen molar-refractivity contribution >= 4 is 0 Å². The molecule has 3 nitrogen and oxygen atoms in total. The fraction of sp³-hybridized carbons (Fsp3) is 0.250. The minimum absolute atomic E-state index is 0.235. The molecule has 19 heavy (non-hydrogen) atoms. The van der Waals surface area contributed by atoms with Crippen molar-refractivity contribution in [3.63, 3.8) is 0 Å². The average molecular weight is 258 g/mol. The predicted molar refractivity (Wildman–Crippen MR) is 74.7 cm³/mol. The molecule has 0 aliphatic rings. The Hall–Kier alpha value is -2.00. The van der Waals surface area contributed by atoms with Gasteiger partial charge in [-0.1, -0.05) is 18.2 Å². The molecule has 0 spiro atoms. The van der Waals surface area contributed by atoms with Gasteiger partial charge in [0, 0.05) is 0 Å². The minimum Gasteiger partial charge on any atom is -0.488 e. The van der Waals surface area contributed by atoms with Gasteiger partial charge < -0.3 is 14.6 Å². The third kappa shape index (κ3) is 4.00. The zero-order valence-corrected chi connectivity index (χ0v) is 11.1. The molecule has 0 radical (unpaired) electrons. The normalized spacial score (nSPS) is 13.6. The number of rotatable bonds is 5. The van der Waals surface area contributed by atoms with Gasteiger partial charge in [-0.05, 0) is 50.2 Å². The average Bonchev–Trinajstić information content (AvgIpc) is 2.42. The summed E-state index contributed by atoms with van der Waals surface area (Å²) in [6, 6.07) is 17.0. The van der Waals surface area contributed by atoms with E-state index in [4.69, 9.17) is 9.47 Å². The van der Waals surface area contributed by atoms with Gasteiger partial charge in [0.2, 0.25) is 0 Å². The van der Waals surface area contributed by atoms with Gasteiger partial charge in [-0.3, -0.25) is 0 Å². The van der Waals surface area contributed by atoms with E-state index in [0.29, 0.717) is 5.75 Å². The topological polar surface area (TPSA) is 38.7 Å². The molecule has 0 saturated heterocycles. The summed E-state index contributed by atoms with van der Waals surface area (Å²) in [4.78, 5) is 0. The maximum Gasteiger partial charge on any atom is 0.127 e. The summed E-state index contributed by atoms with van der Waals surface area (Å²) >= 11 is 0. The highest BCUT2D eigenvalue weighted by atomic mass is 16.5. The Morgan fingerprint density at radius 2 is 1.32 bits per heavy atom. The molecule has 2 aromatic rings. The van der Waals surface area contributed by atoms with Crippen LogP contribution in [0.4, 0.5) is 0 Å². The van der Waals surface area contributed by atoms with E-state index in [1.165, 1.54) is 0 Å². The molecule has 2 atom stereocenters. The first-order valence-corrected chi connectivity index (χ1v) is 6.33. The highest BCUT2D eigenvalue weighted by molar-refractivity contribution is 5.35. The summed E-state index contributed by atoms with van der Waals surface area (Å²) in [7, 11) is 0. The molecule has 1 unspecified atom stereocenters. The Labute approximate surface area is 113 Å². The van der Waals surface area contributed by atoms with Gasteiger partial charge in [0.1, 0.15) is 23.4 Å². The lowest BCUT2D eigenvalue weighted by Crippen LogP contribution is -2.25. The molecular weight excluding hydrogens is 240 g/mol. The number of para-hydroxylation sites is 1. The zero-order valence-electron chi connectivity index (χ0n) is 11.1. The first kappa shape index (κ1) is 13.4. The van der Waals surface area contributed by atoms with Crippen LogP contribution >= 0.6 is 0 Å². The van der Waals surface area contributed by atoms with Gasteiger partial charge in [0.25, 0.3) is 0 Å². The summed E-state index contributed by atoms with van der Waals surface area (Å²) in [5.41, 5.74) is 0. The summed E-state index contributed by atoms with van der Waals surface area (Å²) in [6.07, 6.45) is -0.735. The Bertz CT molecular complexity index is 491. The van der Waals surface area contributed by atoms with Crippen molar-refractivity contribution in [2.75, 3.05) is 0 Å². The number of benzene rings is 2. The Morgan fingerprint density at radius 3 is 1.89 bits per heavy atom. The highest BCUT2D eigenvalue weighted by Gasteiger charge is 2.10. The lowest BCUT2D eigenvalue weighted by Gasteiger charge is -2.17. The molecule has 2 aromatic carbocycles. The molecule has 0 aliphatic carbocycles. The Balaban J connectivity index is 1.99. The van der Waals surface area contributed by atoms with Crippen molar-refractivity contribution in [3.8, 4) is 17.2 Å². The zero-order chi connectivity index (χ0) is 13.7. The van der Waals surface area contributed by atoms with Crippen LogP contribution in [-0.4, -0.2) is 17.3 Å². The van der Waals surface area contributed by atoms with E-state index in [0.717, 1.165) is 11.5 Å². The van der Waals surface area contributed by atoms with E-state index in [1.807, 2.05) is 61.5 Å². The van der Waals surface area contributed by atoms with E-state index in [-0.39, 0.29) is 6.10 Å². The molecule has 0 saturated carbocycles. The number of aliphatic hydroxyl groups is 1. The fourth-order valence-corrected chi connectivity index (χ4v) is 1.52. The molecule has 3 heteroatoms. The maximum absolute atomic E-state index is 9.38. The smallest absolute Gasteiger partial charge is 0.127 e. The monoisotopic (exact) mass is 258 g/mol. The molecule has 100 valence electrons. The van der Waals surface area contributed by atoms with Crippen LogP contribution in [0.2, 0.25) is 0 Å². The van der Waals surface area contributed by atoms with Gasteiger partial charge in [0.15, 0.2) is 0 Å². The number of hydrogen-bond donors (Lipinski definition) is 1. The maximum atomic E-state index is 9.38. The Morgan fingerprint density at radius 1 is 0.789 bits per heavy atom. The highest BCUT2D eigenvalue weighted by Crippen LogP contribution is 2.24. The number of ether oxygens (including phenoxy) is 2. The van der Waals surface area contributed by atoms with Gasteiger partial charge in [-0.15, -0.1) is 0 Å². The minimum atomic E-state index is -0.500. The van der Waals surface area contributed by atoms with Crippen LogP contribution in [0.3, 0.4) is 0 Å². The molecular formula is C16H18O3. The van der Waals surface area contributed by atoms with Crippen molar-refractivity contribution < 1.29 is 14.6 Å². The van der Waals surface area contributed by atoms with Crippen LogP contribution in [0.1, 0.15) is 13.8 Å². The van der Waals surface area contributed by atoms with Crippen LogP contribution in [0.25, 0.3) is 0 Å². The second kappa shape index (κ2) is 6.25. The van der Waals surface area contributed by atoms with E-state index >= 15 is 0 Å². The van der Waals surface area contributed by atoms with E-state index < -0.39 is 6.10 Å². The third-order valence-electron chi connectivity index (χ3n) is 2.80. The molecule has 0 heterocycles. The van der Waals surface area contributed by atoms with E-state index in [9.17, 15) is 5.11 Å². The summed E-state index contributed by atoms with van der Waals surface area (Å²) in [5, 5.41) is 9.38. The lowest BCUT2D eigenvalue weighted by molar-refractivity contribution is 0.0604. The first-order valence-electron chi connectivity index (χ1n) is 6.33. The quantitative estimate of drug-likeness (QED) is 0.890. The molecule has 0 aliphatic heterocycles. The van der Waals surface area contributed by atoms with Crippen molar-refractivity contribution in [2.45, 2.75) is 26.1 Å². The predicted octanol–water partition coefficient (Wildman–Crippen LogP) is 3.63. The summed E-state index contributed by atoms with van der Waals surface area (Å²) < 4.78 is 11.3. The van der Waals surface area contributed by atoms with Gasteiger partial charge in [0.05, 0.1) is 6.10 Å². The number of hydrogen-bond acceptors (Lipinski definition) is 3. The molecule has 2 rings (SSSR count). The second-order valence-corrected chi connectivity index (χ2v) is 4.45. The van der Waals surface area contributed by atoms with Crippen LogP contribution in [0.5, 0.6) is 17.2 Å². The van der Waals surface area contributed by atoms with E-state index in [1.54, 1.807) is 6.92 Å². The van der Waals surface area contributed by atoms with Crippen molar-refractivity contribution in [3.05, 3.63) is 54.6 Å². The van der Waals surface area contributed by atoms with Crippen LogP contribution in [-0.2, 0) is 0 Å². The molecule has 0 amide bonds. The third-order valence-corrected chi connectivity index (χ3v) is 2.80. The first-order chi connectivity index (χ1) is 9.15. The number of aliphatic hydroxyl groups excluding tert-OH is 1. The molecule has 0 fully saturated rings. The Kier molecular flexibility index (Phi) is 4.42. The van der Waals surface area contributed by atoms with Crippen LogP contribution in [0.15, 0.2) is 54.6 Å². The largest absolute Gasteiger partial charge is 0.488 e. The van der Waals surface area contributed by atoms with Gasteiger partial charge >= 0.3 is 0 Å².